The maximum Gasteiger partial charge on any atom is 0.433 e. The zero-order valence-corrected chi connectivity index (χ0v) is 12.0. The lowest BCUT2D eigenvalue weighted by Gasteiger charge is -2.12. The van der Waals surface area contributed by atoms with Crippen molar-refractivity contribution in [1.82, 2.24) is 4.98 Å². The third-order valence-corrected chi connectivity index (χ3v) is 3.29. The molecule has 0 aliphatic heterocycles. The predicted molar refractivity (Wildman–Crippen MR) is 69.6 cm³/mol. The summed E-state index contributed by atoms with van der Waals surface area (Å²) in [6.45, 7) is 0. The van der Waals surface area contributed by atoms with Crippen LogP contribution in [0.1, 0.15) is 5.69 Å². The highest BCUT2D eigenvalue weighted by molar-refractivity contribution is 6.41. The lowest BCUT2D eigenvalue weighted by Crippen LogP contribution is -2.11. The van der Waals surface area contributed by atoms with Crippen molar-refractivity contribution >= 4 is 34.8 Å². The second-order valence-corrected chi connectivity index (χ2v) is 5.15. The minimum atomic E-state index is -4.98. The zero-order valence-electron chi connectivity index (χ0n) is 9.70. The van der Waals surface area contributed by atoms with Gasteiger partial charge in [0.2, 0.25) is 5.95 Å². The number of hydrogen-bond donors (Lipinski definition) is 0. The molecule has 0 N–H and O–H groups in total. The molecule has 1 aromatic carbocycles. The van der Waals surface area contributed by atoms with Crippen molar-refractivity contribution in [1.29, 1.82) is 0 Å². The van der Waals surface area contributed by atoms with Gasteiger partial charge in [0.25, 0.3) is 0 Å². The largest absolute Gasteiger partial charge is 0.433 e. The first-order chi connectivity index (χ1) is 9.61. The van der Waals surface area contributed by atoms with Crippen LogP contribution in [0.25, 0.3) is 11.1 Å². The maximum atomic E-state index is 13.9. The van der Waals surface area contributed by atoms with E-state index >= 15 is 0 Å². The van der Waals surface area contributed by atoms with E-state index in [1.54, 1.807) is 0 Å². The Hall–Kier alpha value is -1.11. The molecule has 1 aromatic heterocycles. The monoisotopic (exact) mass is 361 g/mol. The van der Waals surface area contributed by atoms with Gasteiger partial charge in [0.1, 0.15) is 5.82 Å². The molecule has 1 nitrogen and oxygen atoms in total. The highest BCUT2D eigenvalue weighted by atomic mass is 35.5. The summed E-state index contributed by atoms with van der Waals surface area (Å²) in [4.78, 5) is 2.70. The van der Waals surface area contributed by atoms with Gasteiger partial charge in [-0.2, -0.15) is 17.6 Å². The number of halogens is 8. The van der Waals surface area contributed by atoms with Gasteiger partial charge in [0.15, 0.2) is 5.69 Å². The summed E-state index contributed by atoms with van der Waals surface area (Å²) in [5, 5.41) is -0.326. The SMILES string of the molecule is Fc1cc(C(F)(F)F)nc(F)c1-c1c(Cl)cc(Cl)cc1Cl. The molecular formula is C12H3Cl3F5N. The van der Waals surface area contributed by atoms with Crippen molar-refractivity contribution in [2.75, 3.05) is 0 Å². The summed E-state index contributed by atoms with van der Waals surface area (Å²) < 4.78 is 64.9. The maximum absolute atomic E-state index is 13.9. The van der Waals surface area contributed by atoms with E-state index in [9.17, 15) is 22.0 Å². The normalized spacial score (nSPS) is 11.8. The molecule has 0 saturated carbocycles. The Morgan fingerprint density at radius 2 is 1.38 bits per heavy atom. The van der Waals surface area contributed by atoms with Crippen molar-refractivity contribution in [2.24, 2.45) is 0 Å². The third-order valence-electron chi connectivity index (χ3n) is 2.47. The van der Waals surface area contributed by atoms with Gasteiger partial charge in [-0.3, -0.25) is 0 Å². The Kier molecular flexibility index (Phi) is 4.33. The average molecular weight is 363 g/mol. The molecule has 0 aliphatic rings. The fourth-order valence-electron chi connectivity index (χ4n) is 1.63. The summed E-state index contributed by atoms with van der Waals surface area (Å²) in [6.07, 6.45) is -4.98. The summed E-state index contributed by atoms with van der Waals surface area (Å²) in [5.74, 6) is -3.16. The molecule has 0 bridgehead atoms. The van der Waals surface area contributed by atoms with Gasteiger partial charge < -0.3 is 0 Å². The number of benzene rings is 1. The van der Waals surface area contributed by atoms with Crippen molar-refractivity contribution in [3.8, 4) is 11.1 Å². The molecule has 0 aliphatic carbocycles. The molecule has 0 fully saturated rings. The van der Waals surface area contributed by atoms with Crippen LogP contribution in [0.15, 0.2) is 18.2 Å². The van der Waals surface area contributed by atoms with E-state index in [0.717, 1.165) is 12.1 Å². The summed E-state index contributed by atoms with van der Waals surface area (Å²) in [7, 11) is 0. The minimum Gasteiger partial charge on any atom is -0.214 e. The van der Waals surface area contributed by atoms with Gasteiger partial charge in [-0.15, -0.1) is 0 Å². The van der Waals surface area contributed by atoms with Crippen molar-refractivity contribution in [3.05, 3.63) is 50.7 Å². The lowest BCUT2D eigenvalue weighted by atomic mass is 10.1. The second-order valence-electron chi connectivity index (χ2n) is 3.90. The molecule has 0 saturated heterocycles. The van der Waals surface area contributed by atoms with Crippen molar-refractivity contribution in [2.45, 2.75) is 6.18 Å². The smallest absolute Gasteiger partial charge is 0.214 e. The average Bonchev–Trinajstić information content (AvgIpc) is 2.29. The third kappa shape index (κ3) is 3.22. The fourth-order valence-corrected chi connectivity index (χ4v) is 2.64. The second kappa shape index (κ2) is 5.59. The van der Waals surface area contributed by atoms with E-state index in [2.05, 4.69) is 4.98 Å². The predicted octanol–water partition coefficient (Wildman–Crippen LogP) is 6.01. The molecule has 0 unspecified atom stereocenters. The van der Waals surface area contributed by atoms with Crippen LogP contribution < -0.4 is 0 Å². The number of hydrogen-bond acceptors (Lipinski definition) is 1. The van der Waals surface area contributed by atoms with Gasteiger partial charge in [0.05, 0.1) is 15.6 Å². The van der Waals surface area contributed by atoms with Crippen molar-refractivity contribution < 1.29 is 22.0 Å². The van der Waals surface area contributed by atoms with E-state index in [0.29, 0.717) is 0 Å². The minimum absolute atomic E-state index is 0.0691. The standard InChI is InChI=1S/C12H3Cl3F5N/c13-4-1-5(14)9(6(15)2-4)10-7(16)3-8(12(18,19)20)21-11(10)17/h1-3H. The van der Waals surface area contributed by atoms with Crippen LogP contribution in [0.4, 0.5) is 22.0 Å². The Labute approximate surface area is 130 Å². The summed E-state index contributed by atoms with van der Waals surface area (Å²) >= 11 is 17.2. The van der Waals surface area contributed by atoms with Gasteiger partial charge in [-0.05, 0) is 12.1 Å². The molecule has 0 radical (unpaired) electrons. The number of rotatable bonds is 1. The molecule has 0 spiro atoms. The molecule has 2 aromatic rings. The molecule has 9 heteroatoms. The highest BCUT2D eigenvalue weighted by Gasteiger charge is 2.35. The quantitative estimate of drug-likeness (QED) is 0.447. The van der Waals surface area contributed by atoms with E-state index in [1.165, 1.54) is 0 Å². The molecule has 21 heavy (non-hydrogen) atoms. The Balaban J connectivity index is 2.72. The van der Waals surface area contributed by atoms with Crippen LogP contribution in [0.5, 0.6) is 0 Å². The number of aromatic nitrogens is 1. The molecule has 112 valence electrons. The lowest BCUT2D eigenvalue weighted by molar-refractivity contribution is -0.141. The summed E-state index contributed by atoms with van der Waals surface area (Å²) in [5.41, 5.74) is -2.86. The molecule has 0 atom stereocenters. The first-order valence-corrected chi connectivity index (χ1v) is 6.33. The van der Waals surface area contributed by atoms with E-state index in [1.807, 2.05) is 0 Å². The topological polar surface area (TPSA) is 12.9 Å². The molecule has 1 heterocycles. The Morgan fingerprint density at radius 1 is 0.857 bits per heavy atom. The molecular weight excluding hydrogens is 359 g/mol. The number of pyridine rings is 1. The van der Waals surface area contributed by atoms with Gasteiger partial charge in [-0.1, -0.05) is 34.8 Å². The number of alkyl halides is 3. The Bertz CT molecular complexity index is 669. The first kappa shape index (κ1) is 16.3. The highest BCUT2D eigenvalue weighted by Crippen LogP contribution is 2.40. The van der Waals surface area contributed by atoms with Crippen LogP contribution in [-0.4, -0.2) is 4.98 Å². The van der Waals surface area contributed by atoms with Gasteiger partial charge in [0, 0.05) is 16.7 Å². The van der Waals surface area contributed by atoms with E-state index in [-0.39, 0.29) is 26.7 Å². The van der Waals surface area contributed by atoms with Crippen LogP contribution in [-0.2, 0) is 6.18 Å². The van der Waals surface area contributed by atoms with E-state index in [4.69, 9.17) is 34.8 Å². The molecule has 0 amide bonds. The fraction of sp³-hybridized carbons (Fsp3) is 0.0833. The number of nitrogens with zero attached hydrogens (tertiary/aromatic N) is 1. The Morgan fingerprint density at radius 3 is 1.81 bits per heavy atom. The van der Waals surface area contributed by atoms with Crippen molar-refractivity contribution in [3.63, 3.8) is 0 Å². The van der Waals surface area contributed by atoms with Crippen LogP contribution in [0, 0.1) is 11.8 Å². The van der Waals surface area contributed by atoms with Crippen LogP contribution in [0.2, 0.25) is 15.1 Å². The van der Waals surface area contributed by atoms with Gasteiger partial charge in [-0.25, -0.2) is 9.37 Å². The zero-order chi connectivity index (χ0) is 15.9. The first-order valence-electron chi connectivity index (χ1n) is 5.19. The van der Waals surface area contributed by atoms with Crippen LogP contribution in [0.3, 0.4) is 0 Å². The van der Waals surface area contributed by atoms with Crippen LogP contribution >= 0.6 is 34.8 Å². The molecule has 2 rings (SSSR count). The van der Waals surface area contributed by atoms with Gasteiger partial charge >= 0.3 is 6.18 Å². The summed E-state index contributed by atoms with van der Waals surface area (Å²) in [6, 6.07) is 2.38. The van der Waals surface area contributed by atoms with E-state index < -0.39 is 29.2 Å².